The third-order valence-corrected chi connectivity index (χ3v) is 5.65. The lowest BCUT2D eigenvalue weighted by atomic mass is 10.3. The molecule has 0 atom stereocenters. The summed E-state index contributed by atoms with van der Waals surface area (Å²) in [7, 11) is -3.60. The summed E-state index contributed by atoms with van der Waals surface area (Å²) >= 11 is 6.11. The number of ether oxygens (including phenoxy) is 2. The topological polar surface area (TPSA) is 67.9 Å². The molecule has 2 aliphatic rings. The molecule has 1 aromatic carbocycles. The summed E-state index contributed by atoms with van der Waals surface area (Å²) in [5, 5.41) is 3.28. The normalized spacial score (nSPS) is 18.9. The Hall–Kier alpha value is -0.730. The number of sulfonamides is 1. The molecule has 1 aromatic rings. The lowest BCUT2D eigenvalue weighted by Crippen LogP contribution is -2.46. The summed E-state index contributed by atoms with van der Waals surface area (Å²) in [6.07, 6.45) is 0. The van der Waals surface area contributed by atoms with E-state index in [1.54, 1.807) is 0 Å². The van der Waals surface area contributed by atoms with Crippen LogP contribution < -0.4 is 14.8 Å². The van der Waals surface area contributed by atoms with Gasteiger partial charge in [-0.25, -0.2) is 8.42 Å². The minimum Gasteiger partial charge on any atom is -0.486 e. The molecule has 118 valence electrons. The van der Waals surface area contributed by atoms with Crippen molar-refractivity contribution >= 4 is 34.0 Å². The molecule has 1 saturated heterocycles. The molecular formula is C12H16Cl2N2O4S. The van der Waals surface area contributed by atoms with Crippen LogP contribution in [0.3, 0.4) is 0 Å². The molecule has 0 amide bonds. The van der Waals surface area contributed by atoms with Crippen molar-refractivity contribution in [2.24, 2.45) is 0 Å². The van der Waals surface area contributed by atoms with Crippen LogP contribution in [0.4, 0.5) is 0 Å². The first kappa shape index (κ1) is 16.6. The molecule has 0 spiro atoms. The number of hydrogen-bond donors (Lipinski definition) is 1. The Morgan fingerprint density at radius 2 is 1.67 bits per heavy atom. The van der Waals surface area contributed by atoms with Crippen LogP contribution in [0.5, 0.6) is 11.5 Å². The fourth-order valence-electron chi connectivity index (χ4n) is 2.27. The maximum absolute atomic E-state index is 12.6. The van der Waals surface area contributed by atoms with Crippen LogP contribution in [0.2, 0.25) is 5.02 Å². The Balaban J connectivity index is 0.00000161. The van der Waals surface area contributed by atoms with Crippen LogP contribution >= 0.6 is 24.0 Å². The maximum Gasteiger partial charge on any atom is 0.244 e. The third-order valence-electron chi connectivity index (χ3n) is 3.29. The molecule has 0 aliphatic carbocycles. The van der Waals surface area contributed by atoms with Crippen molar-refractivity contribution in [3.05, 3.63) is 17.2 Å². The van der Waals surface area contributed by atoms with Crippen molar-refractivity contribution in [2.75, 3.05) is 39.4 Å². The molecule has 2 heterocycles. The molecule has 6 nitrogen and oxygen atoms in total. The van der Waals surface area contributed by atoms with Crippen molar-refractivity contribution in [3.8, 4) is 11.5 Å². The number of nitrogens with zero attached hydrogens (tertiary/aromatic N) is 1. The van der Waals surface area contributed by atoms with Crippen LogP contribution in [0.25, 0.3) is 0 Å². The highest BCUT2D eigenvalue weighted by Crippen LogP contribution is 2.38. The number of hydrogen-bond acceptors (Lipinski definition) is 5. The van der Waals surface area contributed by atoms with E-state index in [1.807, 2.05) is 0 Å². The Bertz CT molecular complexity index is 618. The van der Waals surface area contributed by atoms with Gasteiger partial charge in [0.2, 0.25) is 10.0 Å². The zero-order valence-electron chi connectivity index (χ0n) is 11.2. The zero-order chi connectivity index (χ0) is 14.2. The number of halogens is 2. The molecule has 21 heavy (non-hydrogen) atoms. The molecule has 0 saturated carbocycles. The lowest BCUT2D eigenvalue weighted by molar-refractivity contribution is 0.171. The fourth-order valence-corrected chi connectivity index (χ4v) is 4.22. The van der Waals surface area contributed by atoms with Gasteiger partial charge in [0.1, 0.15) is 18.1 Å². The molecule has 0 unspecified atom stereocenters. The van der Waals surface area contributed by atoms with E-state index in [-0.39, 0.29) is 22.3 Å². The Kier molecular flexibility index (Phi) is 5.21. The van der Waals surface area contributed by atoms with Crippen LogP contribution in [0.15, 0.2) is 17.0 Å². The van der Waals surface area contributed by atoms with Gasteiger partial charge in [0.25, 0.3) is 0 Å². The predicted octanol–water partition coefficient (Wildman–Crippen LogP) is 1.13. The van der Waals surface area contributed by atoms with Gasteiger partial charge in [0, 0.05) is 38.3 Å². The first-order valence-electron chi connectivity index (χ1n) is 6.39. The van der Waals surface area contributed by atoms with Gasteiger partial charge in [0.15, 0.2) is 11.5 Å². The minimum absolute atomic E-state index is 0. The highest BCUT2D eigenvalue weighted by atomic mass is 35.5. The van der Waals surface area contributed by atoms with E-state index >= 15 is 0 Å². The smallest absolute Gasteiger partial charge is 0.244 e. The molecule has 2 aliphatic heterocycles. The largest absolute Gasteiger partial charge is 0.486 e. The summed E-state index contributed by atoms with van der Waals surface area (Å²) < 4.78 is 37.5. The van der Waals surface area contributed by atoms with Crippen molar-refractivity contribution in [2.45, 2.75) is 4.90 Å². The lowest BCUT2D eigenvalue weighted by Gasteiger charge is -2.27. The van der Waals surface area contributed by atoms with Crippen LogP contribution in [0.1, 0.15) is 0 Å². The van der Waals surface area contributed by atoms with Crippen LogP contribution in [-0.4, -0.2) is 52.1 Å². The monoisotopic (exact) mass is 354 g/mol. The molecule has 9 heteroatoms. The number of piperazine rings is 1. The second kappa shape index (κ2) is 6.58. The van der Waals surface area contributed by atoms with Gasteiger partial charge in [-0.2, -0.15) is 4.31 Å². The highest BCUT2D eigenvalue weighted by molar-refractivity contribution is 7.89. The van der Waals surface area contributed by atoms with E-state index in [0.717, 1.165) is 0 Å². The Morgan fingerprint density at radius 1 is 1.10 bits per heavy atom. The van der Waals surface area contributed by atoms with Crippen molar-refractivity contribution < 1.29 is 17.9 Å². The van der Waals surface area contributed by atoms with Crippen LogP contribution in [-0.2, 0) is 10.0 Å². The van der Waals surface area contributed by atoms with E-state index in [1.165, 1.54) is 16.4 Å². The van der Waals surface area contributed by atoms with E-state index in [4.69, 9.17) is 21.1 Å². The van der Waals surface area contributed by atoms with Gasteiger partial charge in [0.05, 0.1) is 5.02 Å². The highest BCUT2D eigenvalue weighted by Gasteiger charge is 2.30. The maximum atomic E-state index is 12.6. The Labute approximate surface area is 134 Å². The zero-order valence-corrected chi connectivity index (χ0v) is 13.6. The van der Waals surface area contributed by atoms with E-state index in [0.29, 0.717) is 50.9 Å². The SMILES string of the molecule is Cl.O=S(=O)(c1cc2c(cc1Cl)OCCO2)N1CCNCC1. The van der Waals surface area contributed by atoms with Gasteiger partial charge in [-0.05, 0) is 0 Å². The van der Waals surface area contributed by atoms with Gasteiger partial charge in [-0.15, -0.1) is 12.4 Å². The van der Waals surface area contributed by atoms with E-state index in [9.17, 15) is 8.42 Å². The first-order valence-corrected chi connectivity index (χ1v) is 8.21. The van der Waals surface area contributed by atoms with Gasteiger partial charge in [-0.3, -0.25) is 0 Å². The molecule has 0 aromatic heterocycles. The quantitative estimate of drug-likeness (QED) is 0.861. The molecule has 1 N–H and O–H groups in total. The molecule has 0 bridgehead atoms. The number of fused-ring (bicyclic) bond motifs is 1. The van der Waals surface area contributed by atoms with E-state index < -0.39 is 10.0 Å². The average Bonchev–Trinajstić information content (AvgIpc) is 2.47. The van der Waals surface area contributed by atoms with Gasteiger partial charge < -0.3 is 14.8 Å². The first-order chi connectivity index (χ1) is 9.59. The summed E-state index contributed by atoms with van der Waals surface area (Å²) in [6, 6.07) is 2.96. The molecule has 0 radical (unpaired) electrons. The molecule has 3 rings (SSSR count). The van der Waals surface area contributed by atoms with E-state index in [2.05, 4.69) is 5.32 Å². The summed E-state index contributed by atoms with van der Waals surface area (Å²) in [6.45, 7) is 3.00. The second-order valence-corrected chi connectivity index (χ2v) is 6.89. The second-order valence-electron chi connectivity index (χ2n) is 4.58. The van der Waals surface area contributed by atoms with Crippen molar-refractivity contribution in [1.82, 2.24) is 9.62 Å². The minimum atomic E-state index is -3.60. The average molecular weight is 355 g/mol. The van der Waals surface area contributed by atoms with Gasteiger partial charge >= 0.3 is 0 Å². The summed E-state index contributed by atoms with van der Waals surface area (Å²) in [4.78, 5) is 0.0744. The predicted molar refractivity (Wildman–Crippen MR) is 81.3 cm³/mol. The summed E-state index contributed by atoms with van der Waals surface area (Å²) in [5.41, 5.74) is 0. The Morgan fingerprint density at radius 3 is 2.29 bits per heavy atom. The van der Waals surface area contributed by atoms with Crippen molar-refractivity contribution in [3.63, 3.8) is 0 Å². The molecular weight excluding hydrogens is 339 g/mol. The fraction of sp³-hybridized carbons (Fsp3) is 0.500. The number of benzene rings is 1. The number of rotatable bonds is 2. The number of nitrogens with one attached hydrogen (secondary N) is 1. The summed E-state index contributed by atoms with van der Waals surface area (Å²) in [5.74, 6) is 0.912. The van der Waals surface area contributed by atoms with Crippen LogP contribution in [0, 0.1) is 0 Å². The standard InChI is InChI=1S/C12H15ClN2O4S.ClH/c13-9-7-10-11(19-6-5-18-10)8-12(9)20(16,17)15-3-1-14-2-4-15;/h7-8,14H,1-6H2;1H. The van der Waals surface area contributed by atoms with Crippen molar-refractivity contribution in [1.29, 1.82) is 0 Å². The molecule has 1 fully saturated rings. The van der Waals surface area contributed by atoms with Gasteiger partial charge in [-0.1, -0.05) is 11.6 Å². The third kappa shape index (κ3) is 3.22.